The van der Waals surface area contributed by atoms with Gasteiger partial charge in [-0.05, 0) is 0 Å². The van der Waals surface area contributed by atoms with E-state index in [1.807, 2.05) is 0 Å². The van der Waals surface area contributed by atoms with Crippen molar-refractivity contribution in [3.63, 3.8) is 0 Å². The van der Waals surface area contributed by atoms with Gasteiger partial charge in [-0.1, -0.05) is 13.8 Å². The van der Waals surface area contributed by atoms with Crippen LogP contribution in [0.2, 0.25) is 0 Å². The quantitative estimate of drug-likeness (QED) is 0.387. The van der Waals surface area contributed by atoms with Crippen LogP contribution in [0.15, 0.2) is 34.4 Å². The van der Waals surface area contributed by atoms with Gasteiger partial charge in [0.15, 0.2) is 0 Å². The third-order valence-electron chi connectivity index (χ3n) is 2.73. The van der Waals surface area contributed by atoms with Gasteiger partial charge in [0.25, 0.3) is 0 Å². The fourth-order valence-electron chi connectivity index (χ4n) is 1.30. The van der Waals surface area contributed by atoms with Crippen LogP contribution in [0.3, 0.4) is 0 Å². The molecule has 0 aromatic rings. The Labute approximate surface area is 149 Å². The first-order valence-corrected chi connectivity index (χ1v) is 7.13. The molecule has 0 fully saturated rings. The Hall–Kier alpha value is 0.124. The molecule has 0 saturated carbocycles. The normalized spacial score (nSPS) is 14.8. The molecule has 0 nitrogen and oxygen atoms in total. The van der Waals surface area contributed by atoms with Crippen LogP contribution >= 0.6 is 0 Å². The summed E-state index contributed by atoms with van der Waals surface area (Å²) in [5, 5.41) is 0. The minimum absolute atomic E-state index is 0. The first kappa shape index (κ1) is 25.1. The topological polar surface area (TPSA) is 0 Å². The predicted octanol–water partition coefficient (Wildman–Crippen LogP) is -1.07. The van der Waals surface area contributed by atoms with Gasteiger partial charge in [-0.2, -0.15) is 12.2 Å². The molecule has 20 heavy (non-hydrogen) atoms. The zero-order chi connectivity index (χ0) is 14.1. The summed E-state index contributed by atoms with van der Waals surface area (Å²) < 4.78 is 1.42. The molecule has 0 N–H and O–H groups in total. The molecule has 0 spiro atoms. The summed E-state index contributed by atoms with van der Waals surface area (Å²) in [5.41, 5.74) is 5.42. The SMILES string of the molecule is CC1=[C-]CC=C1C.CC1=[C-]CC=C1C.C[C](C)=[Ti+2].[Cl-].[Cl-]. The third-order valence-corrected chi connectivity index (χ3v) is 2.73. The van der Waals surface area contributed by atoms with E-state index in [0.29, 0.717) is 0 Å². The first-order valence-electron chi connectivity index (χ1n) is 6.35. The monoisotopic (exact) mass is 346 g/mol. The molecule has 0 heterocycles. The van der Waals surface area contributed by atoms with E-state index in [2.05, 4.69) is 85.8 Å². The minimum atomic E-state index is 0. The van der Waals surface area contributed by atoms with Crippen LogP contribution in [0.25, 0.3) is 0 Å². The van der Waals surface area contributed by atoms with Crippen molar-refractivity contribution in [2.24, 2.45) is 0 Å². The molecule has 0 atom stereocenters. The van der Waals surface area contributed by atoms with Crippen LogP contribution < -0.4 is 24.8 Å². The zero-order valence-corrected chi connectivity index (χ0v) is 16.4. The van der Waals surface area contributed by atoms with E-state index in [1.165, 1.54) is 26.1 Å². The Morgan fingerprint density at radius 3 is 1.15 bits per heavy atom. The Kier molecular flexibility index (Phi) is 17.7. The summed E-state index contributed by atoms with van der Waals surface area (Å²) >= 11 is 2.08. The molecule has 0 radical (unpaired) electrons. The van der Waals surface area contributed by atoms with Gasteiger partial charge in [-0.15, -0.1) is 26.7 Å². The molecule has 0 aliphatic heterocycles. The Morgan fingerprint density at radius 2 is 1.10 bits per heavy atom. The van der Waals surface area contributed by atoms with Gasteiger partial charge in [-0.3, -0.25) is 12.2 Å². The van der Waals surface area contributed by atoms with Crippen LogP contribution in [0.4, 0.5) is 0 Å². The molecular weight excluding hydrogens is 323 g/mol. The number of allylic oxidation sites excluding steroid dienone is 8. The van der Waals surface area contributed by atoms with E-state index >= 15 is 0 Å². The molecule has 2 aliphatic carbocycles. The van der Waals surface area contributed by atoms with Crippen molar-refractivity contribution in [3.8, 4) is 0 Å². The van der Waals surface area contributed by atoms with Gasteiger partial charge in [0.2, 0.25) is 0 Å². The maximum Gasteiger partial charge on any atom is -1.00 e. The number of halogens is 2. The van der Waals surface area contributed by atoms with Crippen LogP contribution in [0, 0.1) is 12.2 Å². The van der Waals surface area contributed by atoms with Crippen LogP contribution in [0.1, 0.15) is 54.4 Å². The maximum atomic E-state index is 3.19. The summed E-state index contributed by atoms with van der Waals surface area (Å²) in [7, 11) is 0. The predicted molar refractivity (Wildman–Crippen MR) is 78.0 cm³/mol. The molecule has 2 aliphatic rings. The van der Waals surface area contributed by atoms with Crippen molar-refractivity contribution in [2.45, 2.75) is 54.4 Å². The molecule has 0 aromatic heterocycles. The Bertz CT molecular complexity index is 343. The minimum Gasteiger partial charge on any atom is -1.00 e. The van der Waals surface area contributed by atoms with Gasteiger partial charge < -0.3 is 24.8 Å². The second-order valence-electron chi connectivity index (χ2n) is 4.79. The average Bonchev–Trinajstić information content (AvgIpc) is 2.79. The molecule has 0 aromatic carbocycles. The number of hydrogen-bond acceptors (Lipinski definition) is 0. The summed E-state index contributed by atoms with van der Waals surface area (Å²) in [5.74, 6) is 0. The van der Waals surface area contributed by atoms with Crippen molar-refractivity contribution >= 4 is 3.81 Å². The van der Waals surface area contributed by atoms with Crippen molar-refractivity contribution < 1.29 is 44.8 Å². The zero-order valence-electron chi connectivity index (χ0n) is 13.3. The van der Waals surface area contributed by atoms with Crippen molar-refractivity contribution in [3.05, 3.63) is 46.6 Å². The molecule has 0 bridgehead atoms. The second kappa shape index (κ2) is 14.1. The van der Waals surface area contributed by atoms with Crippen LogP contribution in [-0.2, 0) is 20.0 Å². The van der Waals surface area contributed by atoms with Gasteiger partial charge in [0, 0.05) is 0 Å². The summed E-state index contributed by atoms with van der Waals surface area (Å²) in [6.45, 7) is 12.6. The molecule has 0 saturated heterocycles. The fourth-order valence-corrected chi connectivity index (χ4v) is 1.30. The first-order chi connectivity index (χ1) is 8.34. The summed E-state index contributed by atoms with van der Waals surface area (Å²) in [6.07, 6.45) is 12.8. The van der Waals surface area contributed by atoms with E-state index in [-0.39, 0.29) is 24.8 Å². The van der Waals surface area contributed by atoms with E-state index in [4.69, 9.17) is 0 Å². The fraction of sp³-hybridized carbons (Fsp3) is 0.471. The van der Waals surface area contributed by atoms with Crippen LogP contribution in [0.5, 0.6) is 0 Å². The molecule has 0 amide bonds. The van der Waals surface area contributed by atoms with Gasteiger partial charge in [0.1, 0.15) is 0 Å². The van der Waals surface area contributed by atoms with Crippen LogP contribution in [-0.4, -0.2) is 3.81 Å². The molecule has 3 heteroatoms. The van der Waals surface area contributed by atoms with E-state index in [0.717, 1.165) is 12.8 Å². The molecular formula is C17H24Cl2Ti-2. The summed E-state index contributed by atoms with van der Waals surface area (Å²) in [4.78, 5) is 0. The van der Waals surface area contributed by atoms with Gasteiger partial charge >= 0.3 is 37.6 Å². The Balaban J connectivity index is -0.000000215. The molecule has 2 rings (SSSR count). The second-order valence-corrected chi connectivity index (χ2v) is 6.35. The number of rotatable bonds is 0. The van der Waals surface area contributed by atoms with E-state index in [9.17, 15) is 0 Å². The van der Waals surface area contributed by atoms with Crippen molar-refractivity contribution in [2.75, 3.05) is 0 Å². The van der Waals surface area contributed by atoms with Gasteiger partial charge in [0.05, 0.1) is 0 Å². The standard InChI is InChI=1S/2C7H9.C3H6.2ClH.Ti/c2*1-6-4-3-5-7(6)2;1-3-2;;;/h2*4H,3H2,1-2H3;1-2H3;2*1H;/q2*-1;;;;+2/p-2. The third kappa shape index (κ3) is 13.1. The smallest absolute Gasteiger partial charge is 1.00 e. The number of hydrogen-bond donors (Lipinski definition) is 0. The maximum absolute atomic E-state index is 3.19. The largest absolute Gasteiger partial charge is 1.00 e. The van der Waals surface area contributed by atoms with E-state index in [1.54, 1.807) is 0 Å². The van der Waals surface area contributed by atoms with Crippen molar-refractivity contribution in [1.29, 1.82) is 0 Å². The Morgan fingerprint density at radius 1 is 0.850 bits per heavy atom. The van der Waals surface area contributed by atoms with Gasteiger partial charge in [-0.25, -0.2) is 22.3 Å². The average molecular weight is 347 g/mol. The van der Waals surface area contributed by atoms with Crippen molar-refractivity contribution in [1.82, 2.24) is 0 Å². The molecule has 112 valence electrons. The summed E-state index contributed by atoms with van der Waals surface area (Å²) in [6, 6.07) is 0. The molecule has 0 unspecified atom stereocenters. The van der Waals surface area contributed by atoms with E-state index < -0.39 is 0 Å².